The lowest BCUT2D eigenvalue weighted by atomic mass is 9.82. The van der Waals surface area contributed by atoms with Crippen molar-refractivity contribution in [3.8, 4) is 22.6 Å². The van der Waals surface area contributed by atoms with Gasteiger partial charge in [0.15, 0.2) is 11.6 Å². The van der Waals surface area contributed by atoms with Crippen LogP contribution in [0.25, 0.3) is 11.1 Å². The molecule has 7 heteroatoms. The van der Waals surface area contributed by atoms with Crippen LogP contribution in [0.15, 0.2) is 67.3 Å². The number of esters is 1. The molecule has 0 unspecified atom stereocenters. The zero-order valence-corrected chi connectivity index (χ0v) is 19.7. The Morgan fingerprint density at radius 3 is 2.36 bits per heavy atom. The van der Waals surface area contributed by atoms with Gasteiger partial charge < -0.3 is 14.6 Å². The van der Waals surface area contributed by atoms with Gasteiger partial charge >= 0.3 is 5.97 Å². The fourth-order valence-electron chi connectivity index (χ4n) is 4.47. The first-order valence-corrected chi connectivity index (χ1v) is 11.9. The lowest BCUT2D eigenvalue weighted by molar-refractivity contribution is 0.0188. The molecule has 3 aromatic carbocycles. The summed E-state index contributed by atoms with van der Waals surface area (Å²) in [7, 11) is 0. The summed E-state index contributed by atoms with van der Waals surface area (Å²) >= 11 is 0. The van der Waals surface area contributed by atoms with Crippen molar-refractivity contribution in [2.75, 3.05) is 6.61 Å². The van der Waals surface area contributed by atoms with E-state index in [2.05, 4.69) is 6.58 Å². The molecule has 0 heterocycles. The number of rotatable bonds is 8. The van der Waals surface area contributed by atoms with Crippen LogP contribution < -0.4 is 4.74 Å². The second kappa shape index (κ2) is 11.3. The second-order valence-corrected chi connectivity index (χ2v) is 8.82. The third-order valence-corrected chi connectivity index (χ3v) is 6.43. The maximum absolute atomic E-state index is 14.7. The van der Waals surface area contributed by atoms with E-state index in [1.807, 2.05) is 0 Å². The summed E-state index contributed by atoms with van der Waals surface area (Å²) in [6, 6.07) is 13.0. The summed E-state index contributed by atoms with van der Waals surface area (Å²) in [6.45, 7) is 4.06. The van der Waals surface area contributed by atoms with Crippen molar-refractivity contribution in [2.45, 2.75) is 44.1 Å². The standard InChI is InChI=1S/C29H27F3O4/c1-2-3-16-35-22-12-13-23(26(30)17-22)18-6-10-21(11-7-18)36-29(34)25-15-14-24(27(31)28(25)32)19-4-8-20(33)9-5-19/h2,4-5,8-9,12-15,17-18,21,33H,1,3,6-7,10-11,16H2. The Bertz CT molecular complexity index is 1230. The first kappa shape index (κ1) is 25.4. The quantitative estimate of drug-likeness (QED) is 0.202. The van der Waals surface area contributed by atoms with Crippen molar-refractivity contribution < 1.29 is 32.5 Å². The molecule has 0 bridgehead atoms. The first-order chi connectivity index (χ1) is 17.4. The van der Waals surface area contributed by atoms with Crippen LogP contribution in [-0.2, 0) is 4.74 Å². The summed E-state index contributed by atoms with van der Waals surface area (Å²) in [5.41, 5.74) is 0.457. The Kier molecular flexibility index (Phi) is 7.98. The highest BCUT2D eigenvalue weighted by Gasteiger charge is 2.28. The van der Waals surface area contributed by atoms with E-state index in [1.165, 1.54) is 42.5 Å². The van der Waals surface area contributed by atoms with Crippen LogP contribution in [-0.4, -0.2) is 23.8 Å². The van der Waals surface area contributed by atoms with Gasteiger partial charge in [0.25, 0.3) is 0 Å². The summed E-state index contributed by atoms with van der Waals surface area (Å²) in [4.78, 5) is 12.6. The zero-order valence-electron chi connectivity index (χ0n) is 19.7. The fraction of sp³-hybridized carbons (Fsp3) is 0.276. The van der Waals surface area contributed by atoms with E-state index in [1.54, 1.807) is 18.2 Å². The molecule has 0 atom stereocenters. The van der Waals surface area contributed by atoms with Crippen LogP contribution in [0, 0.1) is 17.5 Å². The third-order valence-electron chi connectivity index (χ3n) is 6.43. The molecule has 4 rings (SSSR count). The maximum Gasteiger partial charge on any atom is 0.341 e. The number of carbonyl (C=O) groups is 1. The van der Waals surface area contributed by atoms with Crippen molar-refractivity contribution in [1.29, 1.82) is 0 Å². The van der Waals surface area contributed by atoms with Crippen LogP contribution in [0.1, 0.15) is 53.9 Å². The minimum atomic E-state index is -1.28. The largest absolute Gasteiger partial charge is 0.508 e. The highest BCUT2D eigenvalue weighted by molar-refractivity contribution is 5.90. The molecule has 0 spiro atoms. The molecular formula is C29H27F3O4. The predicted molar refractivity (Wildman–Crippen MR) is 131 cm³/mol. The summed E-state index contributed by atoms with van der Waals surface area (Å²) < 4.78 is 55.0. The van der Waals surface area contributed by atoms with E-state index in [0.29, 0.717) is 55.6 Å². The Hall–Kier alpha value is -3.74. The average molecular weight is 497 g/mol. The van der Waals surface area contributed by atoms with Crippen molar-refractivity contribution in [3.63, 3.8) is 0 Å². The molecule has 1 fully saturated rings. The van der Waals surface area contributed by atoms with E-state index < -0.39 is 29.3 Å². The molecule has 0 radical (unpaired) electrons. The zero-order chi connectivity index (χ0) is 25.7. The molecule has 1 N–H and O–H groups in total. The van der Waals surface area contributed by atoms with Gasteiger partial charge in [-0.05, 0) is 73.4 Å². The Balaban J connectivity index is 1.36. The van der Waals surface area contributed by atoms with Crippen LogP contribution in [0.5, 0.6) is 11.5 Å². The van der Waals surface area contributed by atoms with Gasteiger partial charge in [0.05, 0.1) is 12.2 Å². The van der Waals surface area contributed by atoms with Gasteiger partial charge in [-0.25, -0.2) is 18.0 Å². The van der Waals surface area contributed by atoms with Gasteiger partial charge in [-0.15, -0.1) is 6.58 Å². The third kappa shape index (κ3) is 5.73. The molecule has 188 valence electrons. The number of benzene rings is 3. The Morgan fingerprint density at radius 1 is 0.972 bits per heavy atom. The van der Waals surface area contributed by atoms with Crippen LogP contribution in [0.4, 0.5) is 13.2 Å². The maximum atomic E-state index is 14.7. The van der Waals surface area contributed by atoms with Gasteiger partial charge in [0.1, 0.15) is 23.4 Å². The number of phenols is 1. The fourth-order valence-corrected chi connectivity index (χ4v) is 4.47. The average Bonchev–Trinajstić information content (AvgIpc) is 2.87. The molecular weight excluding hydrogens is 469 g/mol. The van der Waals surface area contributed by atoms with Crippen molar-refractivity contribution in [3.05, 3.63) is 95.8 Å². The second-order valence-electron chi connectivity index (χ2n) is 8.82. The van der Waals surface area contributed by atoms with E-state index in [0.717, 1.165) is 0 Å². The Morgan fingerprint density at radius 2 is 1.69 bits per heavy atom. The molecule has 3 aromatic rings. The summed E-state index contributed by atoms with van der Waals surface area (Å²) in [5.74, 6) is -3.27. The minimum Gasteiger partial charge on any atom is -0.508 e. The van der Waals surface area contributed by atoms with Crippen molar-refractivity contribution >= 4 is 5.97 Å². The van der Waals surface area contributed by atoms with E-state index >= 15 is 0 Å². The molecule has 0 aliphatic heterocycles. The lowest BCUT2D eigenvalue weighted by Crippen LogP contribution is -2.25. The highest BCUT2D eigenvalue weighted by atomic mass is 19.2. The predicted octanol–water partition coefficient (Wildman–Crippen LogP) is 7.31. The smallest absolute Gasteiger partial charge is 0.341 e. The Labute approximate surface area is 208 Å². The van der Waals surface area contributed by atoms with Crippen molar-refractivity contribution in [2.24, 2.45) is 0 Å². The number of aromatic hydroxyl groups is 1. The molecule has 0 amide bonds. The monoisotopic (exact) mass is 496 g/mol. The van der Waals surface area contributed by atoms with E-state index in [4.69, 9.17) is 9.47 Å². The first-order valence-electron chi connectivity index (χ1n) is 11.9. The van der Waals surface area contributed by atoms with Crippen LogP contribution >= 0.6 is 0 Å². The van der Waals surface area contributed by atoms with E-state index in [-0.39, 0.29) is 23.0 Å². The van der Waals surface area contributed by atoms with Crippen LogP contribution in [0.3, 0.4) is 0 Å². The normalized spacial score (nSPS) is 17.4. The van der Waals surface area contributed by atoms with Crippen LogP contribution in [0.2, 0.25) is 0 Å². The van der Waals surface area contributed by atoms with Crippen molar-refractivity contribution in [1.82, 2.24) is 0 Å². The lowest BCUT2D eigenvalue weighted by Gasteiger charge is -2.29. The van der Waals surface area contributed by atoms with Gasteiger partial charge in [0.2, 0.25) is 0 Å². The molecule has 0 aromatic heterocycles. The molecule has 36 heavy (non-hydrogen) atoms. The number of carbonyl (C=O) groups excluding carboxylic acids is 1. The molecule has 4 nitrogen and oxygen atoms in total. The summed E-state index contributed by atoms with van der Waals surface area (Å²) in [5, 5.41) is 9.39. The highest BCUT2D eigenvalue weighted by Crippen LogP contribution is 2.37. The molecule has 1 aliphatic carbocycles. The SMILES string of the molecule is C=CCCOc1ccc(C2CCC(OC(=O)c3ccc(-c4ccc(O)cc4)c(F)c3F)CC2)c(F)c1. The number of halogens is 3. The molecule has 1 saturated carbocycles. The van der Waals surface area contributed by atoms with Gasteiger partial charge in [-0.3, -0.25) is 0 Å². The van der Waals surface area contributed by atoms with E-state index in [9.17, 15) is 23.1 Å². The summed E-state index contributed by atoms with van der Waals surface area (Å²) in [6.07, 6.45) is 4.12. The number of ether oxygens (including phenoxy) is 2. The topological polar surface area (TPSA) is 55.8 Å². The number of hydrogen-bond acceptors (Lipinski definition) is 4. The number of phenolic OH excluding ortho intramolecular Hbond substituents is 1. The minimum absolute atomic E-state index is 0.00238. The molecule has 1 aliphatic rings. The number of hydrogen-bond donors (Lipinski definition) is 1. The van der Waals surface area contributed by atoms with Gasteiger partial charge in [-0.2, -0.15) is 0 Å². The van der Waals surface area contributed by atoms with Gasteiger partial charge in [0, 0.05) is 11.6 Å². The molecule has 0 saturated heterocycles. The van der Waals surface area contributed by atoms with Gasteiger partial charge in [-0.1, -0.05) is 30.3 Å².